The number of nitrogens with one attached hydrogen (secondary N) is 2. The molecule has 2 N–H and O–H groups in total. The number of benzene rings is 1. The van der Waals surface area contributed by atoms with Crippen molar-refractivity contribution >= 4 is 40.6 Å². The number of amides is 1. The number of para-hydroxylation sites is 2. The first-order chi connectivity index (χ1) is 12.6. The minimum absolute atomic E-state index is 0.109. The fraction of sp³-hybridized carbons (Fsp3) is 0.333. The Morgan fingerprint density at radius 2 is 2.04 bits per heavy atom. The van der Waals surface area contributed by atoms with Gasteiger partial charge in [-0.05, 0) is 18.2 Å². The van der Waals surface area contributed by atoms with Crippen molar-refractivity contribution in [2.24, 2.45) is 0 Å². The van der Waals surface area contributed by atoms with E-state index in [2.05, 4.69) is 21.3 Å². The van der Waals surface area contributed by atoms with Crippen LogP contribution < -0.4 is 19.9 Å². The molecule has 8 heteroatoms. The molecule has 1 aromatic heterocycles. The van der Waals surface area contributed by atoms with Gasteiger partial charge >= 0.3 is 0 Å². The number of carbonyl (C=O) groups excluding carboxylic acids is 1. The molecule has 3 rings (SSSR count). The highest BCUT2D eigenvalue weighted by molar-refractivity contribution is 6.36. The fourth-order valence-electron chi connectivity index (χ4n) is 3.04. The maximum atomic E-state index is 12.3. The van der Waals surface area contributed by atoms with E-state index in [0.717, 1.165) is 37.6 Å². The van der Waals surface area contributed by atoms with Crippen LogP contribution >= 0.6 is 23.2 Å². The zero-order valence-electron chi connectivity index (χ0n) is 14.5. The highest BCUT2D eigenvalue weighted by Gasteiger charge is 2.24. The van der Waals surface area contributed by atoms with E-state index in [1.54, 1.807) is 13.2 Å². The normalized spacial score (nSPS) is 15.0. The number of methoxy groups -OCH3 is 1. The summed E-state index contributed by atoms with van der Waals surface area (Å²) in [6.07, 6.45) is 1.46. The van der Waals surface area contributed by atoms with Gasteiger partial charge in [0.15, 0.2) is 12.4 Å². The molecule has 0 spiro atoms. The van der Waals surface area contributed by atoms with Crippen molar-refractivity contribution in [3.63, 3.8) is 0 Å². The van der Waals surface area contributed by atoms with E-state index in [1.165, 1.54) is 11.1 Å². The molecule has 1 aromatic carbocycles. The number of pyridine rings is 1. The molecular formula is C18H21Cl2N4O2+. The summed E-state index contributed by atoms with van der Waals surface area (Å²) in [6, 6.07) is 9.55. The lowest BCUT2D eigenvalue weighted by molar-refractivity contribution is -0.892. The number of quaternary nitrogens is 1. The van der Waals surface area contributed by atoms with Crippen LogP contribution in [0.4, 0.5) is 11.5 Å². The third-order valence-corrected chi connectivity index (χ3v) is 4.87. The molecule has 0 unspecified atom stereocenters. The third kappa shape index (κ3) is 4.58. The van der Waals surface area contributed by atoms with Crippen molar-refractivity contribution in [1.82, 2.24) is 4.98 Å². The lowest BCUT2D eigenvalue weighted by Crippen LogP contribution is -3.15. The maximum Gasteiger partial charge on any atom is 0.280 e. The van der Waals surface area contributed by atoms with Crippen LogP contribution in [0.5, 0.6) is 5.75 Å². The molecule has 2 aromatic rings. The average molecular weight is 396 g/mol. The lowest BCUT2D eigenvalue weighted by Gasteiger charge is -2.33. The van der Waals surface area contributed by atoms with Crippen LogP contribution in [0.2, 0.25) is 10.0 Å². The smallest absolute Gasteiger partial charge is 0.280 e. The Morgan fingerprint density at radius 3 is 2.73 bits per heavy atom. The number of piperazine rings is 1. The number of anilines is 2. The standard InChI is InChI=1S/C18H20Cl2N4O2/c1-26-16-5-3-2-4-15(16)24-8-6-23(7-9-24)12-17(25)22-18-14(20)10-13(19)11-21-18/h2-5,10-11H,6-9,12H2,1H3,(H,21,22,25)/p+1. The van der Waals surface area contributed by atoms with E-state index in [4.69, 9.17) is 27.9 Å². The largest absolute Gasteiger partial charge is 0.495 e. The molecule has 0 bridgehead atoms. The van der Waals surface area contributed by atoms with Gasteiger partial charge in [0.25, 0.3) is 5.91 Å². The summed E-state index contributed by atoms with van der Waals surface area (Å²) in [7, 11) is 1.68. The van der Waals surface area contributed by atoms with Gasteiger partial charge in [-0.1, -0.05) is 35.3 Å². The summed E-state index contributed by atoms with van der Waals surface area (Å²) in [5.41, 5.74) is 1.09. The van der Waals surface area contributed by atoms with Gasteiger partial charge in [-0.25, -0.2) is 4.98 Å². The summed E-state index contributed by atoms with van der Waals surface area (Å²) in [5, 5.41) is 3.52. The number of halogens is 2. The van der Waals surface area contributed by atoms with Crippen LogP contribution in [0, 0.1) is 0 Å². The van der Waals surface area contributed by atoms with Crippen LogP contribution in [-0.4, -0.2) is 50.7 Å². The Labute approximate surface area is 162 Å². The SMILES string of the molecule is COc1ccccc1N1CC[NH+](CC(=O)Nc2ncc(Cl)cc2Cl)CC1. The Morgan fingerprint density at radius 1 is 1.31 bits per heavy atom. The third-order valence-electron chi connectivity index (χ3n) is 4.37. The van der Waals surface area contributed by atoms with E-state index in [0.29, 0.717) is 22.4 Å². The van der Waals surface area contributed by atoms with Crippen molar-refractivity contribution in [2.75, 3.05) is 50.1 Å². The van der Waals surface area contributed by atoms with Gasteiger partial charge in [-0.2, -0.15) is 0 Å². The van der Waals surface area contributed by atoms with Gasteiger partial charge in [-0.3, -0.25) is 4.79 Å². The minimum atomic E-state index is -0.109. The number of carbonyl (C=O) groups is 1. The highest BCUT2D eigenvalue weighted by Crippen LogP contribution is 2.27. The number of ether oxygens (including phenoxy) is 1. The zero-order chi connectivity index (χ0) is 18.5. The minimum Gasteiger partial charge on any atom is -0.495 e. The second-order valence-electron chi connectivity index (χ2n) is 6.12. The second-order valence-corrected chi connectivity index (χ2v) is 6.96. The Kier molecular flexibility index (Phi) is 6.19. The predicted molar refractivity (Wildman–Crippen MR) is 104 cm³/mol. The maximum absolute atomic E-state index is 12.3. The number of aromatic nitrogens is 1. The molecule has 138 valence electrons. The highest BCUT2D eigenvalue weighted by atomic mass is 35.5. The summed E-state index contributed by atoms with van der Waals surface area (Å²) in [4.78, 5) is 19.8. The van der Waals surface area contributed by atoms with Crippen LogP contribution in [0.25, 0.3) is 0 Å². The van der Waals surface area contributed by atoms with Gasteiger partial charge in [0.2, 0.25) is 0 Å². The van der Waals surface area contributed by atoms with Gasteiger partial charge in [0.05, 0.1) is 49.0 Å². The van der Waals surface area contributed by atoms with Crippen molar-refractivity contribution < 1.29 is 14.4 Å². The van der Waals surface area contributed by atoms with E-state index >= 15 is 0 Å². The Bertz CT molecular complexity index is 780. The molecule has 0 aliphatic carbocycles. The van der Waals surface area contributed by atoms with Gasteiger partial charge in [-0.15, -0.1) is 0 Å². The summed E-state index contributed by atoms with van der Waals surface area (Å²) < 4.78 is 5.43. The van der Waals surface area contributed by atoms with Crippen molar-refractivity contribution in [1.29, 1.82) is 0 Å². The van der Waals surface area contributed by atoms with Crippen molar-refractivity contribution in [2.45, 2.75) is 0 Å². The Balaban J connectivity index is 1.53. The van der Waals surface area contributed by atoms with E-state index in [9.17, 15) is 4.79 Å². The van der Waals surface area contributed by atoms with Crippen LogP contribution in [0.3, 0.4) is 0 Å². The molecular weight excluding hydrogens is 375 g/mol. The monoisotopic (exact) mass is 395 g/mol. The number of hydrogen-bond donors (Lipinski definition) is 2. The number of nitrogens with zero attached hydrogens (tertiary/aromatic N) is 2. The van der Waals surface area contributed by atoms with Gasteiger partial charge in [0.1, 0.15) is 5.75 Å². The zero-order valence-corrected chi connectivity index (χ0v) is 16.0. The van der Waals surface area contributed by atoms with Gasteiger partial charge in [0, 0.05) is 6.20 Å². The molecule has 1 aliphatic heterocycles. The average Bonchev–Trinajstić information content (AvgIpc) is 2.64. The predicted octanol–water partition coefficient (Wildman–Crippen LogP) is 1.74. The van der Waals surface area contributed by atoms with E-state index in [1.807, 2.05) is 18.2 Å². The summed E-state index contributed by atoms with van der Waals surface area (Å²) in [5.74, 6) is 1.10. The summed E-state index contributed by atoms with van der Waals surface area (Å²) in [6.45, 7) is 3.84. The van der Waals surface area contributed by atoms with Gasteiger partial charge < -0.3 is 19.9 Å². The van der Waals surface area contributed by atoms with Crippen LogP contribution in [-0.2, 0) is 4.79 Å². The Hall–Kier alpha value is -2.02. The first kappa shape index (κ1) is 18.8. The quantitative estimate of drug-likeness (QED) is 0.809. The molecule has 6 nitrogen and oxygen atoms in total. The van der Waals surface area contributed by atoms with Crippen molar-refractivity contribution in [3.8, 4) is 5.75 Å². The van der Waals surface area contributed by atoms with Crippen LogP contribution in [0.15, 0.2) is 36.5 Å². The molecule has 1 amide bonds. The molecule has 0 radical (unpaired) electrons. The first-order valence-corrected chi connectivity index (χ1v) is 9.15. The fourth-order valence-corrected chi connectivity index (χ4v) is 3.47. The number of hydrogen-bond acceptors (Lipinski definition) is 4. The van der Waals surface area contributed by atoms with Crippen LogP contribution in [0.1, 0.15) is 0 Å². The second kappa shape index (κ2) is 8.58. The molecule has 1 fully saturated rings. The molecule has 0 saturated carbocycles. The molecule has 1 saturated heterocycles. The molecule has 0 atom stereocenters. The summed E-state index contributed by atoms with van der Waals surface area (Å²) >= 11 is 11.9. The topological polar surface area (TPSA) is 58.9 Å². The first-order valence-electron chi connectivity index (χ1n) is 8.39. The molecule has 26 heavy (non-hydrogen) atoms. The van der Waals surface area contributed by atoms with Crippen molar-refractivity contribution in [3.05, 3.63) is 46.6 Å². The lowest BCUT2D eigenvalue weighted by atomic mass is 10.2. The molecule has 1 aliphatic rings. The van der Waals surface area contributed by atoms with E-state index in [-0.39, 0.29) is 5.91 Å². The van der Waals surface area contributed by atoms with E-state index < -0.39 is 0 Å². The number of rotatable bonds is 5. The molecule has 2 heterocycles.